The lowest BCUT2D eigenvalue weighted by molar-refractivity contribution is 0.543. The minimum Gasteiger partial charge on any atom is -0.356 e. The van der Waals surface area contributed by atoms with Crippen molar-refractivity contribution in [3.8, 4) is 0 Å². The second-order valence-electron chi connectivity index (χ2n) is 6.13. The summed E-state index contributed by atoms with van der Waals surface area (Å²) in [6.45, 7) is 10.8. The maximum absolute atomic E-state index is 6.13. The molecule has 0 amide bonds. The van der Waals surface area contributed by atoms with Crippen LogP contribution in [0.4, 0.5) is 5.82 Å². The summed E-state index contributed by atoms with van der Waals surface area (Å²) < 4.78 is 0. The van der Waals surface area contributed by atoms with Gasteiger partial charge < -0.3 is 4.90 Å². The van der Waals surface area contributed by atoms with Gasteiger partial charge in [-0.3, -0.25) is 0 Å². The van der Waals surface area contributed by atoms with Crippen molar-refractivity contribution in [1.29, 1.82) is 0 Å². The Labute approximate surface area is 115 Å². The van der Waals surface area contributed by atoms with E-state index in [0.29, 0.717) is 5.15 Å². The molecule has 100 valence electrons. The first-order chi connectivity index (χ1) is 8.40. The van der Waals surface area contributed by atoms with E-state index in [1.165, 1.54) is 12.8 Å². The number of anilines is 1. The van der Waals surface area contributed by atoms with Crippen LogP contribution in [-0.4, -0.2) is 23.1 Å². The lowest BCUT2D eigenvalue weighted by Gasteiger charge is -2.22. The molecule has 2 rings (SSSR count). The van der Waals surface area contributed by atoms with Gasteiger partial charge in [0, 0.05) is 24.6 Å². The van der Waals surface area contributed by atoms with Crippen LogP contribution in [0.1, 0.15) is 46.4 Å². The summed E-state index contributed by atoms with van der Waals surface area (Å²) >= 11 is 6.13. The van der Waals surface area contributed by atoms with Gasteiger partial charge in [0.1, 0.15) is 16.8 Å². The van der Waals surface area contributed by atoms with E-state index < -0.39 is 0 Å². The van der Waals surface area contributed by atoms with Crippen LogP contribution in [0.5, 0.6) is 0 Å². The second-order valence-corrected chi connectivity index (χ2v) is 6.52. The number of nitrogens with zero attached hydrogens (tertiary/aromatic N) is 3. The van der Waals surface area contributed by atoms with E-state index in [-0.39, 0.29) is 5.41 Å². The molecule has 1 aromatic heterocycles. The molecule has 1 aliphatic rings. The molecule has 0 spiro atoms. The highest BCUT2D eigenvalue weighted by molar-refractivity contribution is 6.29. The summed E-state index contributed by atoms with van der Waals surface area (Å²) in [7, 11) is 0. The van der Waals surface area contributed by atoms with Crippen LogP contribution in [0.25, 0.3) is 0 Å². The number of halogens is 1. The molecule has 1 saturated heterocycles. The quantitative estimate of drug-likeness (QED) is 0.766. The zero-order valence-corrected chi connectivity index (χ0v) is 12.5. The largest absolute Gasteiger partial charge is 0.356 e. The zero-order valence-electron chi connectivity index (χ0n) is 11.7. The molecule has 1 fully saturated rings. The monoisotopic (exact) mass is 267 g/mol. The first-order valence-corrected chi connectivity index (χ1v) is 7.08. The predicted octanol–water partition coefficient (Wildman–Crippen LogP) is 3.66. The molecular formula is C14H22ClN3. The van der Waals surface area contributed by atoms with Crippen molar-refractivity contribution in [3.63, 3.8) is 0 Å². The number of aromatic nitrogens is 2. The fourth-order valence-electron chi connectivity index (χ4n) is 2.28. The molecular weight excluding hydrogens is 246 g/mol. The Morgan fingerprint density at radius 3 is 2.67 bits per heavy atom. The van der Waals surface area contributed by atoms with Gasteiger partial charge in [-0.15, -0.1) is 0 Å². The summed E-state index contributed by atoms with van der Waals surface area (Å²) in [5.41, 5.74) is -0.0659. The standard InChI is InChI=1S/C14H22ClN3/c1-5-10-6-7-18(9-10)12-8-11(15)16-13(17-12)14(2,3)4/h8,10H,5-7,9H2,1-4H3. The highest BCUT2D eigenvalue weighted by Crippen LogP contribution is 2.28. The van der Waals surface area contributed by atoms with Gasteiger partial charge in [0.05, 0.1) is 0 Å². The molecule has 1 aliphatic heterocycles. The van der Waals surface area contributed by atoms with E-state index in [9.17, 15) is 0 Å². The van der Waals surface area contributed by atoms with Gasteiger partial charge in [-0.05, 0) is 12.3 Å². The van der Waals surface area contributed by atoms with Gasteiger partial charge >= 0.3 is 0 Å². The maximum atomic E-state index is 6.13. The van der Waals surface area contributed by atoms with Gasteiger partial charge in [-0.25, -0.2) is 9.97 Å². The van der Waals surface area contributed by atoms with Crippen molar-refractivity contribution in [2.24, 2.45) is 5.92 Å². The van der Waals surface area contributed by atoms with Crippen LogP contribution < -0.4 is 4.90 Å². The smallest absolute Gasteiger partial charge is 0.137 e. The molecule has 0 N–H and O–H groups in total. The third kappa shape index (κ3) is 2.94. The molecule has 1 atom stereocenters. The predicted molar refractivity (Wildman–Crippen MR) is 76.4 cm³/mol. The summed E-state index contributed by atoms with van der Waals surface area (Å²) in [5, 5.41) is 0.546. The normalized spacial score (nSPS) is 20.5. The van der Waals surface area contributed by atoms with Gasteiger partial charge in [0.2, 0.25) is 0 Å². The molecule has 4 heteroatoms. The van der Waals surface area contributed by atoms with Crippen molar-refractivity contribution in [2.75, 3.05) is 18.0 Å². The minimum absolute atomic E-state index is 0.0659. The van der Waals surface area contributed by atoms with E-state index >= 15 is 0 Å². The van der Waals surface area contributed by atoms with Gasteiger partial charge in [-0.2, -0.15) is 0 Å². The van der Waals surface area contributed by atoms with Gasteiger partial charge in [-0.1, -0.05) is 45.7 Å². The highest BCUT2D eigenvalue weighted by Gasteiger charge is 2.25. The Bertz CT molecular complexity index is 426. The fraction of sp³-hybridized carbons (Fsp3) is 0.714. The third-order valence-corrected chi connectivity index (χ3v) is 3.73. The van der Waals surface area contributed by atoms with Crippen molar-refractivity contribution >= 4 is 17.4 Å². The van der Waals surface area contributed by atoms with Crippen LogP contribution in [0.15, 0.2) is 6.07 Å². The lowest BCUT2D eigenvalue weighted by atomic mass is 9.96. The van der Waals surface area contributed by atoms with E-state index in [2.05, 4.69) is 42.6 Å². The van der Waals surface area contributed by atoms with Gasteiger partial charge in [0.15, 0.2) is 0 Å². The summed E-state index contributed by atoms with van der Waals surface area (Å²) in [6.07, 6.45) is 2.49. The van der Waals surface area contributed by atoms with E-state index in [1.54, 1.807) is 0 Å². The van der Waals surface area contributed by atoms with Crippen LogP contribution in [0, 0.1) is 5.92 Å². The van der Waals surface area contributed by atoms with Crippen molar-refractivity contribution < 1.29 is 0 Å². The average Bonchev–Trinajstić information content (AvgIpc) is 2.75. The van der Waals surface area contributed by atoms with Crippen LogP contribution in [0.2, 0.25) is 5.15 Å². The average molecular weight is 268 g/mol. The van der Waals surface area contributed by atoms with Crippen molar-refractivity contribution in [1.82, 2.24) is 9.97 Å². The lowest BCUT2D eigenvalue weighted by Crippen LogP contribution is -2.24. The molecule has 0 saturated carbocycles. The van der Waals surface area contributed by atoms with Gasteiger partial charge in [0.25, 0.3) is 0 Å². The Balaban J connectivity index is 2.26. The SMILES string of the molecule is CCC1CCN(c2cc(Cl)nc(C(C)(C)C)n2)C1. The summed E-state index contributed by atoms with van der Waals surface area (Å²) in [6, 6.07) is 1.88. The maximum Gasteiger partial charge on any atom is 0.137 e. The van der Waals surface area contributed by atoms with Crippen LogP contribution in [-0.2, 0) is 5.41 Å². The fourth-order valence-corrected chi connectivity index (χ4v) is 2.45. The Hall–Kier alpha value is -0.830. The van der Waals surface area contributed by atoms with Crippen LogP contribution >= 0.6 is 11.6 Å². The second kappa shape index (κ2) is 5.04. The molecule has 3 nitrogen and oxygen atoms in total. The minimum atomic E-state index is -0.0659. The van der Waals surface area contributed by atoms with E-state index in [1.807, 2.05) is 6.07 Å². The number of hydrogen-bond acceptors (Lipinski definition) is 3. The van der Waals surface area contributed by atoms with Crippen molar-refractivity contribution in [3.05, 3.63) is 17.0 Å². The summed E-state index contributed by atoms with van der Waals surface area (Å²) in [4.78, 5) is 11.4. The molecule has 0 radical (unpaired) electrons. The number of hydrogen-bond donors (Lipinski definition) is 0. The molecule has 1 unspecified atom stereocenters. The first kappa shape index (κ1) is 13.6. The molecule has 2 heterocycles. The number of rotatable bonds is 2. The highest BCUT2D eigenvalue weighted by atomic mass is 35.5. The first-order valence-electron chi connectivity index (χ1n) is 6.70. The topological polar surface area (TPSA) is 29.0 Å². The van der Waals surface area contributed by atoms with E-state index in [4.69, 9.17) is 11.6 Å². The molecule has 0 aromatic carbocycles. The molecule has 1 aromatic rings. The Morgan fingerprint density at radius 1 is 1.39 bits per heavy atom. The molecule has 18 heavy (non-hydrogen) atoms. The molecule has 0 bridgehead atoms. The third-order valence-electron chi connectivity index (χ3n) is 3.54. The van der Waals surface area contributed by atoms with E-state index in [0.717, 1.165) is 30.6 Å². The Kier molecular flexibility index (Phi) is 3.81. The molecule has 0 aliphatic carbocycles. The van der Waals surface area contributed by atoms with Crippen molar-refractivity contribution in [2.45, 2.75) is 46.0 Å². The zero-order chi connectivity index (χ0) is 13.3. The van der Waals surface area contributed by atoms with Crippen LogP contribution in [0.3, 0.4) is 0 Å². The Morgan fingerprint density at radius 2 is 2.11 bits per heavy atom. The summed E-state index contributed by atoms with van der Waals surface area (Å²) in [5.74, 6) is 2.60.